The highest BCUT2D eigenvalue weighted by Crippen LogP contribution is 2.45. The van der Waals surface area contributed by atoms with Crippen LogP contribution in [0.2, 0.25) is 0 Å². The number of rotatable bonds is 12. The zero-order chi connectivity index (χ0) is 21.9. The topological polar surface area (TPSA) is 66.8 Å². The Bertz CT molecular complexity index is 658. The minimum atomic E-state index is -0.453. The number of ether oxygens (including phenoxy) is 1. The van der Waals surface area contributed by atoms with Crippen molar-refractivity contribution in [2.24, 2.45) is 5.92 Å². The maximum absolute atomic E-state index is 11.2. The number of esters is 1. The molecule has 2 N–H and O–H groups in total. The normalized spacial score (nSPS) is 25.0. The number of carbonyl (C=O) groups is 1. The summed E-state index contributed by atoms with van der Waals surface area (Å²) in [4.78, 5) is 11.2. The summed E-state index contributed by atoms with van der Waals surface area (Å²) >= 11 is 6.58. The predicted octanol–water partition coefficient (Wildman–Crippen LogP) is 5.66. The van der Waals surface area contributed by atoms with Crippen molar-refractivity contribution < 1.29 is 19.7 Å². The van der Waals surface area contributed by atoms with Gasteiger partial charge in [-0.2, -0.15) is 0 Å². The maximum atomic E-state index is 11.2. The highest BCUT2D eigenvalue weighted by molar-refractivity contribution is 6.21. The molecule has 0 amide bonds. The Morgan fingerprint density at radius 3 is 2.63 bits per heavy atom. The number of aliphatic hydroxyl groups excluding tert-OH is 2. The van der Waals surface area contributed by atoms with Crippen LogP contribution in [0.4, 0.5) is 0 Å². The number of alkyl halides is 1. The van der Waals surface area contributed by atoms with Gasteiger partial charge < -0.3 is 14.9 Å². The lowest BCUT2D eigenvalue weighted by Crippen LogP contribution is -2.18. The van der Waals surface area contributed by atoms with Crippen LogP contribution < -0.4 is 0 Å². The molecular formula is C25H37ClO4. The van der Waals surface area contributed by atoms with Gasteiger partial charge in [-0.25, -0.2) is 0 Å². The molecule has 1 aromatic carbocycles. The third-order valence-corrected chi connectivity index (χ3v) is 6.65. The molecule has 0 aromatic heterocycles. The van der Waals surface area contributed by atoms with Crippen LogP contribution in [0.3, 0.4) is 0 Å². The van der Waals surface area contributed by atoms with Crippen molar-refractivity contribution in [3.8, 4) is 0 Å². The average Bonchev–Trinajstić information content (AvgIpc) is 3.03. The highest BCUT2D eigenvalue weighted by Gasteiger charge is 2.41. The number of carbonyl (C=O) groups excluding carboxylic acids is 1. The van der Waals surface area contributed by atoms with Crippen LogP contribution in [0, 0.1) is 5.92 Å². The molecule has 0 bridgehead atoms. The first kappa shape index (κ1) is 24.9. The van der Waals surface area contributed by atoms with Crippen LogP contribution in [0.15, 0.2) is 36.4 Å². The van der Waals surface area contributed by atoms with E-state index < -0.39 is 12.2 Å². The third-order valence-electron chi connectivity index (χ3n) is 6.15. The minimum Gasteiger partial charge on any atom is -0.469 e. The van der Waals surface area contributed by atoms with Gasteiger partial charge in [0.15, 0.2) is 0 Å². The zero-order valence-electron chi connectivity index (χ0n) is 18.3. The summed E-state index contributed by atoms with van der Waals surface area (Å²) in [6.07, 6.45) is 10.8. The van der Waals surface area contributed by atoms with E-state index in [1.54, 1.807) is 0 Å². The number of allylic oxidation sites excluding steroid dienone is 2. The first-order chi connectivity index (χ1) is 14.5. The van der Waals surface area contributed by atoms with Gasteiger partial charge in [-0.3, -0.25) is 4.79 Å². The smallest absolute Gasteiger partial charge is 0.305 e. The minimum absolute atomic E-state index is 0.00139. The second kappa shape index (κ2) is 13.1. The Balaban J connectivity index is 1.94. The maximum Gasteiger partial charge on any atom is 0.305 e. The number of aliphatic hydroxyl groups is 2. The van der Waals surface area contributed by atoms with Crippen LogP contribution in [0.1, 0.15) is 87.9 Å². The molecule has 5 atom stereocenters. The predicted molar refractivity (Wildman–Crippen MR) is 122 cm³/mol. The molecule has 168 valence electrons. The van der Waals surface area contributed by atoms with Gasteiger partial charge in [-0.15, -0.1) is 11.6 Å². The fraction of sp³-hybridized carbons (Fsp3) is 0.640. The summed E-state index contributed by atoms with van der Waals surface area (Å²) in [5, 5.41) is 20.9. The number of methoxy groups -OCH3 is 1. The van der Waals surface area contributed by atoms with E-state index in [0.29, 0.717) is 12.8 Å². The van der Waals surface area contributed by atoms with Gasteiger partial charge in [-0.1, -0.05) is 62.6 Å². The quantitative estimate of drug-likeness (QED) is 0.192. The van der Waals surface area contributed by atoms with E-state index >= 15 is 0 Å². The second-order valence-electron chi connectivity index (χ2n) is 8.36. The number of benzene rings is 1. The monoisotopic (exact) mass is 436 g/mol. The largest absolute Gasteiger partial charge is 0.469 e. The van der Waals surface area contributed by atoms with Crippen molar-refractivity contribution in [2.45, 2.75) is 88.2 Å². The van der Waals surface area contributed by atoms with Crippen LogP contribution in [-0.4, -0.2) is 34.8 Å². The van der Waals surface area contributed by atoms with Gasteiger partial charge in [0.2, 0.25) is 0 Å². The molecule has 1 fully saturated rings. The van der Waals surface area contributed by atoms with E-state index in [1.807, 2.05) is 24.3 Å². The van der Waals surface area contributed by atoms with Crippen molar-refractivity contribution in [1.29, 1.82) is 0 Å². The molecular weight excluding hydrogens is 400 g/mol. The van der Waals surface area contributed by atoms with Gasteiger partial charge in [0.25, 0.3) is 0 Å². The van der Waals surface area contributed by atoms with E-state index in [9.17, 15) is 15.0 Å². The lowest BCUT2D eigenvalue weighted by molar-refractivity contribution is -0.140. The van der Waals surface area contributed by atoms with Crippen LogP contribution in [0.25, 0.3) is 0 Å². The molecule has 0 heterocycles. The number of hydrogen-bond donors (Lipinski definition) is 2. The summed E-state index contributed by atoms with van der Waals surface area (Å²) < 4.78 is 4.65. The molecule has 2 rings (SSSR count). The molecule has 1 aliphatic rings. The lowest BCUT2D eigenvalue weighted by atomic mass is 9.84. The standard InChI is InChI=1S/C25H37ClO4/c1-3-4-7-11-22(27)18-13-15-19(16-14-18)25-20(21(26)17-23(25)28)10-8-5-6-9-12-24(29)30-2/h5,8,13-16,20-23,25,27-28H,3-4,6-7,9-12,17H2,1-2H3/t20-,21+,22?,23?,25+/m0/s1. The van der Waals surface area contributed by atoms with Crippen molar-refractivity contribution >= 4 is 17.6 Å². The van der Waals surface area contributed by atoms with Crippen molar-refractivity contribution in [2.75, 3.05) is 7.11 Å². The van der Waals surface area contributed by atoms with Crippen LogP contribution in [0.5, 0.6) is 0 Å². The molecule has 0 saturated heterocycles. The SMILES string of the molecule is CCCCCC(O)c1ccc([C@H]2C(O)C[C@@H](Cl)[C@@H]2CC=CCCCC(=O)OC)cc1. The molecule has 1 saturated carbocycles. The van der Waals surface area contributed by atoms with E-state index in [2.05, 4.69) is 23.8 Å². The van der Waals surface area contributed by atoms with Gasteiger partial charge in [0, 0.05) is 17.7 Å². The Morgan fingerprint density at radius 1 is 1.23 bits per heavy atom. The summed E-state index contributed by atoms with van der Waals surface area (Å²) in [7, 11) is 1.41. The molecule has 2 unspecified atom stereocenters. The van der Waals surface area contributed by atoms with E-state index in [-0.39, 0.29) is 23.2 Å². The third kappa shape index (κ3) is 7.40. The Labute approximate surface area is 186 Å². The van der Waals surface area contributed by atoms with Gasteiger partial charge >= 0.3 is 5.97 Å². The van der Waals surface area contributed by atoms with E-state index in [4.69, 9.17) is 11.6 Å². The first-order valence-corrected chi connectivity index (χ1v) is 11.7. The van der Waals surface area contributed by atoms with Crippen molar-refractivity contribution in [1.82, 2.24) is 0 Å². The van der Waals surface area contributed by atoms with Crippen LogP contribution in [-0.2, 0) is 9.53 Å². The van der Waals surface area contributed by atoms with E-state index in [1.165, 1.54) is 7.11 Å². The summed E-state index contributed by atoms with van der Waals surface area (Å²) in [6.45, 7) is 2.16. The molecule has 0 spiro atoms. The molecule has 4 nitrogen and oxygen atoms in total. The molecule has 5 heteroatoms. The molecule has 30 heavy (non-hydrogen) atoms. The number of hydrogen-bond acceptors (Lipinski definition) is 4. The summed E-state index contributed by atoms with van der Waals surface area (Å²) in [6, 6.07) is 8.04. The summed E-state index contributed by atoms with van der Waals surface area (Å²) in [5.74, 6) is -0.0144. The first-order valence-electron chi connectivity index (χ1n) is 11.3. The zero-order valence-corrected chi connectivity index (χ0v) is 19.1. The summed E-state index contributed by atoms with van der Waals surface area (Å²) in [5.41, 5.74) is 2.02. The van der Waals surface area contributed by atoms with Gasteiger partial charge in [-0.05, 0) is 49.1 Å². The Kier molecular flexibility index (Phi) is 10.9. The van der Waals surface area contributed by atoms with Gasteiger partial charge in [0.05, 0.1) is 19.3 Å². The van der Waals surface area contributed by atoms with Gasteiger partial charge in [0.1, 0.15) is 0 Å². The van der Waals surface area contributed by atoms with Crippen molar-refractivity contribution in [3.63, 3.8) is 0 Å². The highest BCUT2D eigenvalue weighted by atomic mass is 35.5. The fourth-order valence-electron chi connectivity index (χ4n) is 4.36. The number of unbranched alkanes of at least 4 members (excludes halogenated alkanes) is 3. The average molecular weight is 437 g/mol. The molecule has 1 aliphatic carbocycles. The molecule has 0 radical (unpaired) electrons. The number of halogens is 1. The second-order valence-corrected chi connectivity index (χ2v) is 8.92. The Hall–Kier alpha value is -1.36. The van der Waals surface area contributed by atoms with E-state index in [0.717, 1.165) is 56.1 Å². The fourth-order valence-corrected chi connectivity index (χ4v) is 4.80. The van der Waals surface area contributed by atoms with Crippen molar-refractivity contribution in [3.05, 3.63) is 47.5 Å². The lowest BCUT2D eigenvalue weighted by Gasteiger charge is -2.23. The molecule has 0 aliphatic heterocycles. The Morgan fingerprint density at radius 2 is 1.97 bits per heavy atom. The molecule has 1 aromatic rings. The van der Waals surface area contributed by atoms with Crippen LogP contribution >= 0.6 is 11.6 Å².